The van der Waals surface area contributed by atoms with Crippen LogP contribution in [0.2, 0.25) is 5.02 Å². The lowest BCUT2D eigenvalue weighted by atomic mass is 10.1. The van der Waals surface area contributed by atoms with Gasteiger partial charge in [-0.2, -0.15) is 0 Å². The summed E-state index contributed by atoms with van der Waals surface area (Å²) >= 11 is 6.20. The average molecular weight is 396 g/mol. The molecule has 4 heteroatoms. The Kier molecular flexibility index (Phi) is 7.35. The molecule has 0 atom stereocenters. The zero-order chi connectivity index (χ0) is 19.8. The Labute approximate surface area is 172 Å². The minimum Gasteiger partial charge on any atom is -0.496 e. The molecule has 28 heavy (non-hydrogen) atoms. The predicted molar refractivity (Wildman–Crippen MR) is 115 cm³/mol. The Balaban J connectivity index is 1.57. The summed E-state index contributed by atoms with van der Waals surface area (Å²) in [6, 6.07) is 22.2. The summed E-state index contributed by atoms with van der Waals surface area (Å²) in [6.45, 7) is 4.15. The van der Waals surface area contributed by atoms with Crippen molar-refractivity contribution in [3.8, 4) is 11.5 Å². The minimum absolute atomic E-state index is 0.538. The van der Waals surface area contributed by atoms with Gasteiger partial charge < -0.3 is 14.8 Å². The SMILES string of the molecule is COc1ccccc1CCNCc1cc(Cl)ccc1OCc1ccc(C)cc1. The number of rotatable bonds is 9. The van der Waals surface area contributed by atoms with Gasteiger partial charge in [-0.05, 0) is 55.3 Å². The number of para-hydroxylation sites is 1. The molecule has 0 saturated heterocycles. The fourth-order valence-corrected chi connectivity index (χ4v) is 3.22. The van der Waals surface area contributed by atoms with Crippen molar-refractivity contribution in [2.45, 2.75) is 26.5 Å². The third kappa shape index (κ3) is 5.75. The van der Waals surface area contributed by atoms with E-state index in [0.717, 1.165) is 35.6 Å². The van der Waals surface area contributed by atoms with E-state index in [2.05, 4.69) is 42.6 Å². The van der Waals surface area contributed by atoms with Gasteiger partial charge in [-0.15, -0.1) is 0 Å². The van der Waals surface area contributed by atoms with Crippen LogP contribution >= 0.6 is 11.6 Å². The maximum atomic E-state index is 6.20. The van der Waals surface area contributed by atoms with Crippen LogP contribution in [0.1, 0.15) is 22.3 Å². The first-order chi connectivity index (χ1) is 13.7. The molecule has 0 aromatic heterocycles. The number of hydrogen-bond donors (Lipinski definition) is 1. The van der Waals surface area contributed by atoms with E-state index < -0.39 is 0 Å². The Bertz CT molecular complexity index is 893. The molecule has 0 saturated carbocycles. The number of aryl methyl sites for hydroxylation is 1. The maximum Gasteiger partial charge on any atom is 0.124 e. The van der Waals surface area contributed by atoms with Crippen LogP contribution in [0.3, 0.4) is 0 Å². The van der Waals surface area contributed by atoms with Gasteiger partial charge in [0.2, 0.25) is 0 Å². The van der Waals surface area contributed by atoms with E-state index in [1.54, 1.807) is 7.11 Å². The van der Waals surface area contributed by atoms with E-state index in [1.165, 1.54) is 11.1 Å². The first-order valence-corrected chi connectivity index (χ1v) is 9.83. The van der Waals surface area contributed by atoms with E-state index >= 15 is 0 Å². The van der Waals surface area contributed by atoms with Crippen LogP contribution in [0.5, 0.6) is 11.5 Å². The smallest absolute Gasteiger partial charge is 0.124 e. The zero-order valence-electron chi connectivity index (χ0n) is 16.4. The second kappa shape index (κ2) is 10.2. The summed E-state index contributed by atoms with van der Waals surface area (Å²) in [7, 11) is 1.70. The van der Waals surface area contributed by atoms with Crippen molar-refractivity contribution in [2.75, 3.05) is 13.7 Å². The van der Waals surface area contributed by atoms with Crippen molar-refractivity contribution in [3.05, 3.63) is 94.0 Å². The lowest BCUT2D eigenvalue weighted by Gasteiger charge is -2.14. The summed E-state index contributed by atoms with van der Waals surface area (Å²) < 4.78 is 11.5. The fourth-order valence-electron chi connectivity index (χ4n) is 3.03. The van der Waals surface area contributed by atoms with Crippen molar-refractivity contribution in [1.29, 1.82) is 0 Å². The molecule has 3 aromatic carbocycles. The zero-order valence-corrected chi connectivity index (χ0v) is 17.1. The molecule has 0 spiro atoms. The number of ether oxygens (including phenoxy) is 2. The van der Waals surface area contributed by atoms with Gasteiger partial charge in [0.05, 0.1) is 7.11 Å². The molecule has 146 valence electrons. The highest BCUT2D eigenvalue weighted by Crippen LogP contribution is 2.24. The molecule has 0 heterocycles. The number of benzene rings is 3. The van der Waals surface area contributed by atoms with E-state index in [1.807, 2.05) is 36.4 Å². The summed E-state index contributed by atoms with van der Waals surface area (Å²) in [5.41, 5.74) is 4.64. The van der Waals surface area contributed by atoms with E-state index in [4.69, 9.17) is 21.1 Å². The number of halogens is 1. The lowest BCUT2D eigenvalue weighted by molar-refractivity contribution is 0.302. The Morgan fingerprint density at radius 3 is 2.46 bits per heavy atom. The van der Waals surface area contributed by atoms with Crippen molar-refractivity contribution >= 4 is 11.6 Å². The summed E-state index contributed by atoms with van der Waals surface area (Å²) in [5, 5.41) is 4.19. The van der Waals surface area contributed by atoms with Crippen LogP contribution in [-0.4, -0.2) is 13.7 Å². The molecular weight excluding hydrogens is 370 g/mol. The fraction of sp³-hybridized carbons (Fsp3) is 0.250. The molecule has 0 unspecified atom stereocenters. The minimum atomic E-state index is 0.538. The van der Waals surface area contributed by atoms with E-state index in [-0.39, 0.29) is 0 Å². The summed E-state index contributed by atoms with van der Waals surface area (Å²) in [6.07, 6.45) is 0.893. The number of nitrogens with one attached hydrogen (secondary N) is 1. The van der Waals surface area contributed by atoms with Gasteiger partial charge in [0, 0.05) is 17.1 Å². The Morgan fingerprint density at radius 2 is 1.68 bits per heavy atom. The standard InChI is InChI=1S/C24H26ClNO2/c1-18-7-9-19(10-8-18)17-28-24-12-11-22(25)15-21(24)16-26-14-13-20-5-3-4-6-23(20)27-2/h3-12,15,26H,13-14,16-17H2,1-2H3. The maximum absolute atomic E-state index is 6.20. The van der Waals surface area contributed by atoms with Gasteiger partial charge >= 0.3 is 0 Å². The molecule has 0 aliphatic rings. The molecule has 3 rings (SSSR count). The third-order valence-corrected chi connectivity index (χ3v) is 4.85. The molecule has 0 bridgehead atoms. The number of methoxy groups -OCH3 is 1. The first-order valence-electron chi connectivity index (χ1n) is 9.45. The van der Waals surface area contributed by atoms with Crippen molar-refractivity contribution in [3.63, 3.8) is 0 Å². The Morgan fingerprint density at radius 1 is 0.893 bits per heavy atom. The van der Waals surface area contributed by atoms with Gasteiger partial charge in [0.15, 0.2) is 0 Å². The van der Waals surface area contributed by atoms with Crippen LogP contribution in [-0.2, 0) is 19.6 Å². The predicted octanol–water partition coefficient (Wildman–Crippen LogP) is 5.57. The van der Waals surface area contributed by atoms with Crippen LogP contribution in [0, 0.1) is 6.92 Å². The average Bonchev–Trinajstić information content (AvgIpc) is 2.72. The lowest BCUT2D eigenvalue weighted by Crippen LogP contribution is -2.17. The topological polar surface area (TPSA) is 30.5 Å². The van der Waals surface area contributed by atoms with Crippen LogP contribution in [0.15, 0.2) is 66.7 Å². The normalized spacial score (nSPS) is 10.7. The van der Waals surface area contributed by atoms with Gasteiger partial charge in [0.1, 0.15) is 18.1 Å². The van der Waals surface area contributed by atoms with E-state index in [9.17, 15) is 0 Å². The second-order valence-electron chi connectivity index (χ2n) is 6.76. The molecule has 0 fully saturated rings. The van der Waals surface area contributed by atoms with Crippen molar-refractivity contribution in [2.24, 2.45) is 0 Å². The van der Waals surface area contributed by atoms with Gasteiger partial charge in [-0.25, -0.2) is 0 Å². The van der Waals surface area contributed by atoms with Crippen LogP contribution in [0.25, 0.3) is 0 Å². The van der Waals surface area contributed by atoms with Crippen LogP contribution in [0.4, 0.5) is 0 Å². The summed E-state index contributed by atoms with van der Waals surface area (Å²) in [4.78, 5) is 0. The van der Waals surface area contributed by atoms with Crippen molar-refractivity contribution < 1.29 is 9.47 Å². The van der Waals surface area contributed by atoms with Gasteiger partial charge in [0.25, 0.3) is 0 Å². The Hall–Kier alpha value is -2.49. The largest absolute Gasteiger partial charge is 0.496 e. The van der Waals surface area contributed by atoms with Gasteiger partial charge in [-0.1, -0.05) is 59.6 Å². The summed E-state index contributed by atoms with van der Waals surface area (Å²) in [5.74, 6) is 1.78. The molecule has 0 aliphatic heterocycles. The van der Waals surface area contributed by atoms with Crippen LogP contribution < -0.4 is 14.8 Å². The second-order valence-corrected chi connectivity index (χ2v) is 7.20. The molecule has 3 aromatic rings. The molecule has 0 amide bonds. The van der Waals surface area contributed by atoms with Crippen molar-refractivity contribution in [1.82, 2.24) is 5.32 Å². The van der Waals surface area contributed by atoms with E-state index in [0.29, 0.717) is 18.2 Å². The highest BCUT2D eigenvalue weighted by atomic mass is 35.5. The third-order valence-electron chi connectivity index (χ3n) is 4.62. The molecule has 1 N–H and O–H groups in total. The molecular formula is C24H26ClNO2. The number of hydrogen-bond acceptors (Lipinski definition) is 3. The first kappa shape index (κ1) is 20.2. The monoisotopic (exact) mass is 395 g/mol. The van der Waals surface area contributed by atoms with Gasteiger partial charge in [-0.3, -0.25) is 0 Å². The molecule has 3 nitrogen and oxygen atoms in total. The highest BCUT2D eigenvalue weighted by molar-refractivity contribution is 6.30. The molecule has 0 aliphatic carbocycles. The highest BCUT2D eigenvalue weighted by Gasteiger charge is 2.07. The quantitative estimate of drug-likeness (QED) is 0.480. The molecule has 0 radical (unpaired) electrons.